The van der Waals surface area contributed by atoms with Crippen LogP contribution in [0.4, 0.5) is 0 Å². The molecule has 0 radical (unpaired) electrons. The number of benzene rings is 1. The molecule has 2 N–H and O–H groups in total. The van der Waals surface area contributed by atoms with E-state index in [2.05, 4.69) is 0 Å². The van der Waals surface area contributed by atoms with Gasteiger partial charge in [-0.25, -0.2) is 0 Å². The van der Waals surface area contributed by atoms with E-state index in [1.54, 1.807) is 0 Å². The highest BCUT2D eigenvalue weighted by atomic mass is 16.2. The molecule has 1 atom stereocenters. The fraction of sp³-hybridized carbons (Fsp3) is 0.385. The van der Waals surface area contributed by atoms with Gasteiger partial charge in [0.15, 0.2) is 0 Å². The molecular formula is C13H16N2O2. The molecule has 1 heterocycles. The summed E-state index contributed by atoms with van der Waals surface area (Å²) in [5, 5.41) is 0. The zero-order valence-corrected chi connectivity index (χ0v) is 10.1. The van der Waals surface area contributed by atoms with Gasteiger partial charge in [-0.2, -0.15) is 0 Å². The number of hydrogen-bond donors (Lipinski definition) is 1. The van der Waals surface area contributed by atoms with Crippen LogP contribution in [0.5, 0.6) is 0 Å². The lowest BCUT2D eigenvalue weighted by molar-refractivity contribution is -0.127. The van der Waals surface area contributed by atoms with Crippen molar-refractivity contribution in [3.05, 3.63) is 34.9 Å². The maximum Gasteiger partial charge on any atom is 0.260 e. The molecule has 0 aromatic heterocycles. The van der Waals surface area contributed by atoms with Crippen LogP contribution in [0.2, 0.25) is 0 Å². The summed E-state index contributed by atoms with van der Waals surface area (Å²) >= 11 is 0. The molecule has 1 unspecified atom stereocenters. The number of rotatable bonds is 2. The molecule has 2 amide bonds. The quantitative estimate of drug-likeness (QED) is 0.780. The van der Waals surface area contributed by atoms with Crippen molar-refractivity contribution in [2.45, 2.75) is 25.8 Å². The van der Waals surface area contributed by atoms with Crippen LogP contribution in [-0.4, -0.2) is 23.8 Å². The number of hydrogen-bond acceptors (Lipinski definition) is 3. The van der Waals surface area contributed by atoms with Gasteiger partial charge >= 0.3 is 0 Å². The molecule has 0 spiro atoms. The van der Waals surface area contributed by atoms with E-state index < -0.39 is 0 Å². The first kappa shape index (κ1) is 11.8. The van der Waals surface area contributed by atoms with Gasteiger partial charge in [0.25, 0.3) is 5.91 Å². The van der Waals surface area contributed by atoms with E-state index in [9.17, 15) is 9.59 Å². The lowest BCUT2D eigenvalue weighted by Crippen LogP contribution is -2.39. The van der Waals surface area contributed by atoms with Gasteiger partial charge in [-0.05, 0) is 23.6 Å². The summed E-state index contributed by atoms with van der Waals surface area (Å²) in [4.78, 5) is 24.6. The molecule has 1 aliphatic rings. The fourth-order valence-corrected chi connectivity index (χ4v) is 1.99. The zero-order chi connectivity index (χ0) is 12.6. The normalized spacial score (nSPS) is 17.0. The number of likely N-dealkylation sites (N-methyl/N-ethyl adjacent to an activating group) is 1. The molecular weight excluding hydrogens is 216 g/mol. The minimum Gasteiger partial charge on any atom is -0.324 e. The number of imide groups is 1. The summed E-state index contributed by atoms with van der Waals surface area (Å²) in [6, 6.07) is 5.49. The highest BCUT2D eigenvalue weighted by molar-refractivity contribution is 6.09. The Bertz CT molecular complexity index is 482. The van der Waals surface area contributed by atoms with E-state index in [0.29, 0.717) is 12.0 Å². The van der Waals surface area contributed by atoms with E-state index in [1.807, 2.05) is 25.1 Å². The van der Waals surface area contributed by atoms with Crippen molar-refractivity contribution in [1.82, 2.24) is 4.90 Å². The highest BCUT2D eigenvalue weighted by Gasteiger charge is 2.28. The first-order valence-electron chi connectivity index (χ1n) is 5.74. The van der Waals surface area contributed by atoms with E-state index in [0.717, 1.165) is 17.5 Å². The van der Waals surface area contributed by atoms with Crippen LogP contribution < -0.4 is 5.73 Å². The number of carbonyl (C=O) groups excluding carboxylic acids is 2. The maximum absolute atomic E-state index is 12.0. The summed E-state index contributed by atoms with van der Waals surface area (Å²) in [5.41, 5.74) is 8.29. The van der Waals surface area contributed by atoms with Gasteiger partial charge in [0.05, 0.1) is 6.42 Å². The average molecular weight is 232 g/mol. The summed E-state index contributed by atoms with van der Waals surface area (Å²) in [6.07, 6.45) is 1.11. The van der Waals surface area contributed by atoms with E-state index >= 15 is 0 Å². The number of carbonyl (C=O) groups is 2. The summed E-state index contributed by atoms with van der Waals surface area (Å²) in [5.74, 6) is -0.392. The first-order chi connectivity index (χ1) is 8.04. The number of nitrogens with two attached hydrogens (primary N) is 1. The Hall–Kier alpha value is -1.68. The van der Waals surface area contributed by atoms with E-state index in [-0.39, 0.29) is 17.9 Å². The van der Waals surface area contributed by atoms with Gasteiger partial charge in [0.1, 0.15) is 0 Å². The molecule has 4 nitrogen and oxygen atoms in total. The predicted molar refractivity (Wildman–Crippen MR) is 64.5 cm³/mol. The molecule has 1 aromatic rings. The van der Waals surface area contributed by atoms with Crippen molar-refractivity contribution in [2.24, 2.45) is 5.73 Å². The Kier molecular flexibility index (Phi) is 2.98. The Balaban J connectivity index is 2.45. The van der Waals surface area contributed by atoms with Gasteiger partial charge in [-0.1, -0.05) is 19.1 Å². The van der Waals surface area contributed by atoms with Crippen molar-refractivity contribution in [2.75, 3.05) is 7.05 Å². The second-order valence-corrected chi connectivity index (χ2v) is 4.37. The monoisotopic (exact) mass is 232 g/mol. The fourth-order valence-electron chi connectivity index (χ4n) is 1.99. The van der Waals surface area contributed by atoms with Crippen molar-refractivity contribution in [3.63, 3.8) is 0 Å². The van der Waals surface area contributed by atoms with Gasteiger partial charge in [0, 0.05) is 18.7 Å². The van der Waals surface area contributed by atoms with Gasteiger partial charge in [-0.15, -0.1) is 0 Å². The first-order valence-corrected chi connectivity index (χ1v) is 5.74. The second kappa shape index (κ2) is 4.30. The van der Waals surface area contributed by atoms with Gasteiger partial charge in [-0.3, -0.25) is 14.5 Å². The number of fused-ring (bicyclic) bond motifs is 1. The van der Waals surface area contributed by atoms with Crippen molar-refractivity contribution >= 4 is 11.8 Å². The minimum absolute atomic E-state index is 0.0592. The molecule has 0 bridgehead atoms. The van der Waals surface area contributed by atoms with Crippen LogP contribution >= 0.6 is 0 Å². The highest BCUT2D eigenvalue weighted by Crippen LogP contribution is 2.23. The van der Waals surface area contributed by atoms with E-state index in [1.165, 1.54) is 11.9 Å². The van der Waals surface area contributed by atoms with E-state index in [4.69, 9.17) is 5.73 Å². The van der Waals surface area contributed by atoms with Crippen molar-refractivity contribution in [3.8, 4) is 0 Å². The third-order valence-electron chi connectivity index (χ3n) is 3.25. The maximum atomic E-state index is 12.0. The Morgan fingerprint density at radius 1 is 1.41 bits per heavy atom. The second-order valence-electron chi connectivity index (χ2n) is 4.37. The zero-order valence-electron chi connectivity index (χ0n) is 10.1. The summed E-state index contributed by atoms with van der Waals surface area (Å²) < 4.78 is 0. The third-order valence-corrected chi connectivity index (χ3v) is 3.25. The van der Waals surface area contributed by atoms with Crippen LogP contribution in [0.25, 0.3) is 0 Å². The molecule has 17 heavy (non-hydrogen) atoms. The SMILES string of the molecule is CCC(N)c1ccc2c(c1)C(=O)N(C)C(=O)C2. The van der Waals surface area contributed by atoms with Crippen LogP contribution in [0.1, 0.15) is 40.9 Å². The molecule has 1 aromatic carbocycles. The molecule has 0 aliphatic carbocycles. The summed E-state index contributed by atoms with van der Waals surface area (Å²) in [7, 11) is 1.51. The molecule has 4 heteroatoms. The third kappa shape index (κ3) is 1.96. The molecule has 0 saturated heterocycles. The Morgan fingerprint density at radius 3 is 2.76 bits per heavy atom. The topological polar surface area (TPSA) is 63.4 Å². The van der Waals surface area contributed by atoms with Gasteiger partial charge < -0.3 is 5.73 Å². The van der Waals surface area contributed by atoms with Crippen LogP contribution in [0.15, 0.2) is 18.2 Å². The van der Waals surface area contributed by atoms with Crippen LogP contribution in [0.3, 0.4) is 0 Å². The lowest BCUT2D eigenvalue weighted by Gasteiger charge is -2.24. The molecule has 0 fully saturated rings. The average Bonchev–Trinajstić information content (AvgIpc) is 2.35. The number of nitrogens with zero attached hydrogens (tertiary/aromatic N) is 1. The molecule has 0 saturated carbocycles. The standard InChI is InChI=1S/C13H16N2O2/c1-3-11(14)9-5-4-8-7-12(16)15(2)13(17)10(8)6-9/h4-6,11H,3,7,14H2,1-2H3. The molecule has 2 rings (SSSR count). The van der Waals surface area contributed by atoms with Crippen molar-refractivity contribution < 1.29 is 9.59 Å². The molecule has 90 valence electrons. The van der Waals surface area contributed by atoms with Crippen molar-refractivity contribution in [1.29, 1.82) is 0 Å². The minimum atomic E-state index is -0.235. The summed E-state index contributed by atoms with van der Waals surface area (Å²) in [6.45, 7) is 2.00. The lowest BCUT2D eigenvalue weighted by atomic mass is 9.94. The van der Waals surface area contributed by atoms with Crippen LogP contribution in [0, 0.1) is 0 Å². The number of amides is 2. The molecule has 1 aliphatic heterocycles. The smallest absolute Gasteiger partial charge is 0.260 e. The Labute approximate surface area is 100 Å². The predicted octanol–water partition coefficient (Wildman–Crippen LogP) is 1.25. The van der Waals surface area contributed by atoms with Crippen LogP contribution in [-0.2, 0) is 11.2 Å². The largest absolute Gasteiger partial charge is 0.324 e. The Morgan fingerprint density at radius 2 is 2.12 bits per heavy atom. The van der Waals surface area contributed by atoms with Gasteiger partial charge in [0.2, 0.25) is 5.91 Å².